The van der Waals surface area contributed by atoms with Crippen molar-refractivity contribution in [3.05, 3.63) is 75.4 Å². The minimum atomic E-state index is -0.997. The molecule has 0 spiro atoms. The standard InChI is InChI=1S/C19H15ClN4O4/c1-12(28-17-9-5-4-8-16(17)24(26)27)19(25)23-21-11-14-10-13-6-2-3-7-15(13)22-18(14)20/h2-12H,1H3,(H,23,25)/b21-11-/t12-/m1/s1. The first-order valence-corrected chi connectivity index (χ1v) is 8.62. The SMILES string of the molecule is C[C@@H](Oc1ccccc1[N+](=O)[O-])C(=O)N/N=C\c1cc2ccccc2nc1Cl. The Morgan fingerprint density at radius 1 is 1.29 bits per heavy atom. The molecule has 28 heavy (non-hydrogen) atoms. The van der Waals surface area contributed by atoms with Crippen molar-refractivity contribution in [3.8, 4) is 5.75 Å². The quantitative estimate of drug-likeness (QED) is 0.295. The first-order valence-electron chi connectivity index (χ1n) is 8.24. The van der Waals surface area contributed by atoms with Crippen LogP contribution in [0.4, 0.5) is 5.69 Å². The van der Waals surface area contributed by atoms with Gasteiger partial charge >= 0.3 is 5.69 Å². The van der Waals surface area contributed by atoms with E-state index in [9.17, 15) is 14.9 Å². The monoisotopic (exact) mass is 398 g/mol. The van der Waals surface area contributed by atoms with E-state index >= 15 is 0 Å². The maximum Gasteiger partial charge on any atom is 0.310 e. The van der Waals surface area contributed by atoms with Gasteiger partial charge in [0.1, 0.15) is 5.15 Å². The molecule has 1 amide bonds. The van der Waals surface area contributed by atoms with Crippen LogP contribution in [-0.4, -0.2) is 28.1 Å². The number of fused-ring (bicyclic) bond motifs is 1. The summed E-state index contributed by atoms with van der Waals surface area (Å²) in [7, 11) is 0. The average Bonchev–Trinajstić information content (AvgIpc) is 2.68. The molecule has 1 N–H and O–H groups in total. The summed E-state index contributed by atoms with van der Waals surface area (Å²) in [5, 5.41) is 16.0. The van der Waals surface area contributed by atoms with Gasteiger partial charge in [-0.2, -0.15) is 5.10 Å². The number of nitrogens with zero attached hydrogens (tertiary/aromatic N) is 3. The summed E-state index contributed by atoms with van der Waals surface area (Å²) in [6.07, 6.45) is 0.376. The molecular weight excluding hydrogens is 384 g/mol. The number of carbonyl (C=O) groups is 1. The highest BCUT2D eigenvalue weighted by atomic mass is 35.5. The largest absolute Gasteiger partial charge is 0.474 e. The number of carbonyl (C=O) groups excluding carboxylic acids is 1. The summed E-state index contributed by atoms with van der Waals surface area (Å²) in [5.41, 5.74) is 3.39. The van der Waals surface area contributed by atoms with Gasteiger partial charge < -0.3 is 4.74 Å². The second-order valence-electron chi connectivity index (χ2n) is 5.78. The highest BCUT2D eigenvalue weighted by molar-refractivity contribution is 6.32. The van der Waals surface area contributed by atoms with Crippen molar-refractivity contribution in [2.24, 2.45) is 5.10 Å². The van der Waals surface area contributed by atoms with Crippen molar-refractivity contribution in [1.82, 2.24) is 10.4 Å². The predicted octanol–water partition coefficient (Wildman–Crippen LogP) is 3.71. The number of ether oxygens (including phenoxy) is 1. The Labute approximate surface area is 164 Å². The second-order valence-corrected chi connectivity index (χ2v) is 6.14. The van der Waals surface area contributed by atoms with Crippen LogP contribution in [-0.2, 0) is 4.79 Å². The summed E-state index contributed by atoms with van der Waals surface area (Å²) in [5.74, 6) is -0.569. The van der Waals surface area contributed by atoms with Crippen molar-refractivity contribution in [1.29, 1.82) is 0 Å². The Balaban J connectivity index is 1.67. The minimum Gasteiger partial charge on any atom is -0.474 e. The molecule has 0 saturated heterocycles. The molecule has 0 saturated carbocycles. The molecule has 0 aliphatic heterocycles. The fourth-order valence-electron chi connectivity index (χ4n) is 2.41. The number of hydrazone groups is 1. The van der Waals surface area contributed by atoms with Crippen LogP contribution in [0.5, 0.6) is 5.75 Å². The lowest BCUT2D eigenvalue weighted by atomic mass is 10.2. The van der Waals surface area contributed by atoms with E-state index in [2.05, 4.69) is 15.5 Å². The molecule has 3 aromatic rings. The van der Waals surface area contributed by atoms with Gasteiger partial charge in [-0.1, -0.05) is 41.9 Å². The number of amides is 1. The maximum absolute atomic E-state index is 12.1. The Hall–Kier alpha value is -3.52. The lowest BCUT2D eigenvalue weighted by molar-refractivity contribution is -0.386. The van der Waals surface area contributed by atoms with Crippen molar-refractivity contribution >= 4 is 40.3 Å². The Morgan fingerprint density at radius 2 is 2.00 bits per heavy atom. The van der Waals surface area contributed by atoms with E-state index < -0.39 is 16.9 Å². The van der Waals surface area contributed by atoms with Crippen molar-refractivity contribution in [3.63, 3.8) is 0 Å². The van der Waals surface area contributed by atoms with E-state index in [-0.39, 0.29) is 16.6 Å². The van der Waals surface area contributed by atoms with Crippen LogP contribution in [0, 0.1) is 10.1 Å². The molecule has 0 radical (unpaired) electrons. The van der Waals surface area contributed by atoms with Crippen LogP contribution in [0.15, 0.2) is 59.7 Å². The molecule has 1 heterocycles. The van der Waals surface area contributed by atoms with Crippen LogP contribution in [0.2, 0.25) is 5.15 Å². The Morgan fingerprint density at radius 3 is 2.79 bits per heavy atom. The van der Waals surface area contributed by atoms with Crippen LogP contribution < -0.4 is 10.2 Å². The molecule has 0 aliphatic carbocycles. The average molecular weight is 399 g/mol. The summed E-state index contributed by atoms with van der Waals surface area (Å²) in [4.78, 5) is 26.8. The van der Waals surface area contributed by atoms with Gasteiger partial charge in [-0.25, -0.2) is 10.4 Å². The highest BCUT2D eigenvalue weighted by Crippen LogP contribution is 2.26. The number of para-hydroxylation sites is 3. The van der Waals surface area contributed by atoms with E-state index in [1.807, 2.05) is 24.3 Å². The molecule has 8 nitrogen and oxygen atoms in total. The number of nitro benzene ring substituents is 1. The van der Waals surface area contributed by atoms with Gasteiger partial charge in [-0.05, 0) is 25.1 Å². The zero-order valence-electron chi connectivity index (χ0n) is 14.7. The van der Waals surface area contributed by atoms with E-state index in [1.54, 1.807) is 12.1 Å². The van der Waals surface area contributed by atoms with Crippen molar-refractivity contribution < 1.29 is 14.5 Å². The number of hydrogen-bond acceptors (Lipinski definition) is 6. The first-order chi connectivity index (χ1) is 13.5. The zero-order valence-corrected chi connectivity index (χ0v) is 15.5. The Bertz CT molecular complexity index is 1070. The maximum atomic E-state index is 12.1. The third-order valence-corrected chi connectivity index (χ3v) is 4.12. The fraction of sp³-hybridized carbons (Fsp3) is 0.105. The van der Waals surface area contributed by atoms with Gasteiger partial charge in [0.2, 0.25) is 0 Å². The normalized spacial score (nSPS) is 12.1. The van der Waals surface area contributed by atoms with E-state index in [4.69, 9.17) is 16.3 Å². The molecule has 1 atom stereocenters. The van der Waals surface area contributed by atoms with Crippen LogP contribution in [0.25, 0.3) is 10.9 Å². The van der Waals surface area contributed by atoms with Crippen LogP contribution in [0.3, 0.4) is 0 Å². The molecule has 0 aliphatic rings. The van der Waals surface area contributed by atoms with Gasteiger partial charge in [-0.15, -0.1) is 0 Å². The number of halogens is 1. The molecule has 3 rings (SSSR count). The minimum absolute atomic E-state index is 0.000836. The van der Waals surface area contributed by atoms with Crippen LogP contribution >= 0.6 is 11.6 Å². The number of hydrogen-bond donors (Lipinski definition) is 1. The molecule has 0 bridgehead atoms. The number of benzene rings is 2. The predicted molar refractivity (Wildman–Crippen MR) is 106 cm³/mol. The molecular formula is C19H15ClN4O4. The fourth-order valence-corrected chi connectivity index (χ4v) is 2.60. The van der Waals surface area contributed by atoms with E-state index in [1.165, 1.54) is 31.3 Å². The molecule has 0 fully saturated rings. The summed E-state index contributed by atoms with van der Waals surface area (Å²) in [6, 6.07) is 15.1. The summed E-state index contributed by atoms with van der Waals surface area (Å²) in [6.45, 7) is 1.46. The summed E-state index contributed by atoms with van der Waals surface area (Å²) >= 11 is 6.13. The Kier molecular flexibility index (Phi) is 5.81. The third kappa shape index (κ3) is 4.41. The van der Waals surface area contributed by atoms with E-state index in [0.29, 0.717) is 5.56 Å². The number of nitro groups is 1. The number of nitrogens with one attached hydrogen (secondary N) is 1. The molecule has 142 valence electrons. The molecule has 2 aromatic carbocycles. The second kappa shape index (κ2) is 8.45. The van der Waals surface area contributed by atoms with Crippen molar-refractivity contribution in [2.75, 3.05) is 0 Å². The van der Waals surface area contributed by atoms with E-state index in [0.717, 1.165) is 10.9 Å². The first kappa shape index (κ1) is 19.2. The van der Waals surface area contributed by atoms with Gasteiger partial charge in [0.05, 0.1) is 16.7 Å². The lowest BCUT2D eigenvalue weighted by Gasteiger charge is -2.12. The van der Waals surface area contributed by atoms with Crippen LogP contribution in [0.1, 0.15) is 12.5 Å². The molecule has 9 heteroatoms. The number of aromatic nitrogens is 1. The van der Waals surface area contributed by atoms with Gasteiger partial charge in [-0.3, -0.25) is 14.9 Å². The highest BCUT2D eigenvalue weighted by Gasteiger charge is 2.20. The van der Waals surface area contributed by atoms with Crippen molar-refractivity contribution in [2.45, 2.75) is 13.0 Å². The topological polar surface area (TPSA) is 107 Å². The number of pyridine rings is 1. The smallest absolute Gasteiger partial charge is 0.310 e. The summed E-state index contributed by atoms with van der Waals surface area (Å²) < 4.78 is 5.39. The molecule has 0 unspecified atom stereocenters. The van der Waals surface area contributed by atoms with Gasteiger partial charge in [0.15, 0.2) is 11.9 Å². The third-order valence-electron chi connectivity index (χ3n) is 3.82. The molecule has 1 aromatic heterocycles. The lowest BCUT2D eigenvalue weighted by Crippen LogP contribution is -2.33. The van der Waals surface area contributed by atoms with Gasteiger partial charge in [0.25, 0.3) is 5.91 Å². The van der Waals surface area contributed by atoms with Gasteiger partial charge in [0, 0.05) is 17.0 Å². The number of rotatable bonds is 6. The zero-order chi connectivity index (χ0) is 20.1.